The van der Waals surface area contributed by atoms with Crippen LogP contribution in [0.4, 0.5) is 22.0 Å². The van der Waals surface area contributed by atoms with Crippen LogP contribution in [0.15, 0.2) is 36.4 Å². The molecule has 0 saturated heterocycles. The highest BCUT2D eigenvalue weighted by Crippen LogP contribution is 2.37. The van der Waals surface area contributed by atoms with Crippen LogP contribution in [0.3, 0.4) is 0 Å². The number of aryl methyl sites for hydroxylation is 2. The first-order chi connectivity index (χ1) is 15.1. The summed E-state index contributed by atoms with van der Waals surface area (Å²) in [6.07, 6.45) is -4.01. The molecule has 3 N–H and O–H groups in total. The van der Waals surface area contributed by atoms with Crippen LogP contribution >= 0.6 is 8.69 Å². The van der Waals surface area contributed by atoms with E-state index in [9.17, 15) is 31.6 Å². The van der Waals surface area contributed by atoms with Crippen molar-refractivity contribution in [1.29, 1.82) is 0 Å². The summed E-state index contributed by atoms with van der Waals surface area (Å²) in [5.74, 6) is -1.78. The Morgan fingerprint density at radius 2 is 1.81 bits per heavy atom. The summed E-state index contributed by atoms with van der Waals surface area (Å²) in [6, 6.07) is 6.76. The first-order valence-corrected chi connectivity index (χ1v) is 10.7. The van der Waals surface area contributed by atoms with Crippen molar-refractivity contribution in [2.45, 2.75) is 37.4 Å². The van der Waals surface area contributed by atoms with Crippen molar-refractivity contribution in [2.75, 3.05) is 19.8 Å². The molecule has 11 heteroatoms. The standard InChI is InChI=1S/C21H25F5NO4P/c22-16-5-4-15(18(23)11-16)2-1-9-30-19-6-3-14(10-17(19)21(24,25)26)7-8-20(27,12-28)13-31-32-29/h3-6,10-11,28H,1-2,7-9,12-13,27,32H2. The van der Waals surface area contributed by atoms with Gasteiger partial charge in [0.25, 0.3) is 0 Å². The first kappa shape index (κ1) is 26.3. The summed E-state index contributed by atoms with van der Waals surface area (Å²) in [5, 5.41) is 9.41. The van der Waals surface area contributed by atoms with Crippen molar-refractivity contribution in [1.82, 2.24) is 0 Å². The lowest BCUT2D eigenvalue weighted by Gasteiger charge is -2.26. The molecular weight excluding hydrogens is 456 g/mol. The van der Waals surface area contributed by atoms with Gasteiger partial charge in [-0.3, -0.25) is 4.57 Å². The van der Waals surface area contributed by atoms with Crippen LogP contribution < -0.4 is 10.5 Å². The van der Waals surface area contributed by atoms with Gasteiger partial charge < -0.3 is 20.1 Å². The van der Waals surface area contributed by atoms with Gasteiger partial charge >= 0.3 is 6.18 Å². The smallest absolute Gasteiger partial charge is 0.419 e. The van der Waals surface area contributed by atoms with Crippen LogP contribution in [-0.2, 0) is 28.1 Å². The van der Waals surface area contributed by atoms with Gasteiger partial charge in [0.1, 0.15) is 17.4 Å². The molecule has 0 aliphatic rings. The fourth-order valence-corrected chi connectivity index (χ4v) is 3.44. The highest BCUT2D eigenvalue weighted by molar-refractivity contribution is 7.17. The van der Waals surface area contributed by atoms with Gasteiger partial charge in [-0.05, 0) is 55.0 Å². The fraction of sp³-hybridized carbons (Fsp3) is 0.429. The minimum atomic E-state index is -4.67. The number of aliphatic hydroxyl groups is 1. The molecule has 0 radical (unpaired) electrons. The molecule has 0 aliphatic heterocycles. The number of nitrogens with two attached hydrogens (primary N) is 1. The highest BCUT2D eigenvalue weighted by atomic mass is 31.1. The van der Waals surface area contributed by atoms with E-state index in [1.807, 2.05) is 0 Å². The molecule has 178 valence electrons. The Labute approximate surface area is 183 Å². The molecule has 0 saturated carbocycles. The molecule has 2 aromatic rings. The molecule has 32 heavy (non-hydrogen) atoms. The summed E-state index contributed by atoms with van der Waals surface area (Å²) in [5.41, 5.74) is 4.33. The number of hydrogen-bond donors (Lipinski definition) is 2. The zero-order valence-corrected chi connectivity index (χ0v) is 18.3. The molecule has 2 atom stereocenters. The third-order valence-electron chi connectivity index (χ3n) is 4.88. The molecule has 0 bridgehead atoms. The van der Waals surface area contributed by atoms with Crippen LogP contribution in [0.1, 0.15) is 29.5 Å². The number of aliphatic hydroxyl groups excluding tert-OH is 1. The number of benzene rings is 2. The summed E-state index contributed by atoms with van der Waals surface area (Å²) in [4.78, 5) is 0. The maximum atomic E-state index is 13.6. The van der Waals surface area contributed by atoms with Crippen LogP contribution in [0.2, 0.25) is 0 Å². The topological polar surface area (TPSA) is 81.8 Å². The summed E-state index contributed by atoms with van der Waals surface area (Å²) < 4.78 is 87.7. The molecule has 0 heterocycles. The predicted molar refractivity (Wildman–Crippen MR) is 110 cm³/mol. The van der Waals surface area contributed by atoms with Crippen molar-refractivity contribution in [3.63, 3.8) is 0 Å². The van der Waals surface area contributed by atoms with E-state index >= 15 is 0 Å². The monoisotopic (exact) mass is 481 g/mol. The zero-order chi connectivity index (χ0) is 23.8. The second-order valence-corrected chi connectivity index (χ2v) is 7.97. The number of ether oxygens (including phenoxy) is 1. The molecule has 0 fully saturated rings. The zero-order valence-electron chi connectivity index (χ0n) is 17.1. The highest BCUT2D eigenvalue weighted by Gasteiger charge is 2.35. The van der Waals surface area contributed by atoms with Gasteiger partial charge in [0.15, 0.2) is 8.69 Å². The molecular formula is C21H25F5NO4P. The predicted octanol–water partition coefficient (Wildman–Crippen LogP) is 4.31. The Morgan fingerprint density at radius 1 is 1.06 bits per heavy atom. The van der Waals surface area contributed by atoms with E-state index < -0.39 is 44.2 Å². The van der Waals surface area contributed by atoms with Gasteiger partial charge in [-0.1, -0.05) is 12.1 Å². The van der Waals surface area contributed by atoms with E-state index in [1.54, 1.807) is 0 Å². The lowest BCUT2D eigenvalue weighted by atomic mass is 9.93. The molecule has 0 aromatic heterocycles. The van der Waals surface area contributed by atoms with Crippen molar-refractivity contribution >= 4 is 8.69 Å². The van der Waals surface area contributed by atoms with Crippen molar-refractivity contribution < 1.29 is 40.9 Å². The third kappa shape index (κ3) is 7.85. The second-order valence-electron chi connectivity index (χ2n) is 7.44. The molecule has 0 amide bonds. The average Bonchev–Trinajstić information content (AvgIpc) is 2.75. The van der Waals surface area contributed by atoms with Crippen LogP contribution in [0.25, 0.3) is 0 Å². The van der Waals surface area contributed by atoms with Gasteiger partial charge in [-0.2, -0.15) is 13.2 Å². The fourth-order valence-electron chi connectivity index (χ4n) is 3.04. The molecule has 0 spiro atoms. The van der Waals surface area contributed by atoms with Crippen molar-refractivity contribution in [2.24, 2.45) is 5.73 Å². The number of alkyl halides is 3. The Bertz CT molecular complexity index is 912. The molecule has 5 nitrogen and oxygen atoms in total. The summed E-state index contributed by atoms with van der Waals surface area (Å²) in [7, 11) is -1.51. The van der Waals surface area contributed by atoms with E-state index in [0.29, 0.717) is 5.56 Å². The van der Waals surface area contributed by atoms with Gasteiger partial charge in [-0.15, -0.1) is 0 Å². The summed E-state index contributed by atoms with van der Waals surface area (Å²) in [6.45, 7) is -0.747. The minimum Gasteiger partial charge on any atom is -0.493 e. The lowest BCUT2D eigenvalue weighted by Crippen LogP contribution is -2.47. The SMILES string of the molecule is NC(CO)(CCc1ccc(OCCCc2ccc(F)cc2F)c(C(F)(F)F)c1)CO[PH2]=O. The van der Waals surface area contributed by atoms with Crippen molar-refractivity contribution in [3.05, 3.63) is 64.7 Å². The van der Waals surface area contributed by atoms with Crippen LogP contribution in [0, 0.1) is 11.6 Å². The van der Waals surface area contributed by atoms with E-state index in [2.05, 4.69) is 0 Å². The third-order valence-corrected chi connectivity index (χ3v) is 5.18. The molecule has 2 unspecified atom stereocenters. The first-order valence-electron chi connectivity index (χ1n) is 9.80. The van der Waals surface area contributed by atoms with Gasteiger partial charge in [0.05, 0.1) is 30.9 Å². The maximum Gasteiger partial charge on any atom is 0.419 e. The van der Waals surface area contributed by atoms with Gasteiger partial charge in [-0.25, -0.2) is 8.78 Å². The second kappa shape index (κ2) is 11.7. The Hall–Kier alpha value is -2.00. The number of hydrogen-bond acceptors (Lipinski definition) is 5. The average molecular weight is 481 g/mol. The minimum absolute atomic E-state index is 0.0927. The summed E-state index contributed by atoms with van der Waals surface area (Å²) >= 11 is 0. The number of rotatable bonds is 12. The number of halogens is 5. The van der Waals surface area contributed by atoms with E-state index in [-0.39, 0.29) is 50.2 Å². The molecule has 2 aromatic carbocycles. The van der Waals surface area contributed by atoms with E-state index in [4.69, 9.17) is 15.0 Å². The normalized spacial score (nSPS) is 14.1. The Kier molecular flexibility index (Phi) is 9.64. The van der Waals surface area contributed by atoms with Crippen molar-refractivity contribution in [3.8, 4) is 5.75 Å². The van der Waals surface area contributed by atoms with Crippen LogP contribution in [0.5, 0.6) is 5.75 Å². The molecule has 0 aliphatic carbocycles. The molecule has 2 rings (SSSR count). The Balaban J connectivity index is 2.02. The van der Waals surface area contributed by atoms with E-state index in [1.165, 1.54) is 18.2 Å². The van der Waals surface area contributed by atoms with Gasteiger partial charge in [0.2, 0.25) is 0 Å². The maximum absolute atomic E-state index is 13.6. The van der Waals surface area contributed by atoms with E-state index in [0.717, 1.165) is 18.2 Å². The van der Waals surface area contributed by atoms with Gasteiger partial charge in [0, 0.05) is 6.07 Å². The van der Waals surface area contributed by atoms with Crippen LogP contribution in [-0.4, -0.2) is 30.5 Å². The largest absolute Gasteiger partial charge is 0.493 e. The lowest BCUT2D eigenvalue weighted by molar-refractivity contribution is -0.139. The Morgan fingerprint density at radius 3 is 2.44 bits per heavy atom. The quantitative estimate of drug-likeness (QED) is 0.268.